The lowest BCUT2D eigenvalue weighted by Crippen LogP contribution is -2.51. The Morgan fingerprint density at radius 1 is 1.20 bits per heavy atom. The van der Waals surface area contributed by atoms with Gasteiger partial charge in [-0.15, -0.1) is 5.73 Å². The maximum absolute atomic E-state index is 13.3. The van der Waals surface area contributed by atoms with Crippen molar-refractivity contribution in [1.82, 2.24) is 15.3 Å². The molecule has 0 saturated heterocycles. The molecule has 0 spiro atoms. The number of amides is 1. The molecule has 0 saturated carbocycles. The second kappa shape index (κ2) is 13.1. The van der Waals surface area contributed by atoms with Gasteiger partial charge in [-0.25, -0.2) is 14.4 Å². The van der Waals surface area contributed by atoms with Gasteiger partial charge in [0.2, 0.25) is 5.88 Å². The van der Waals surface area contributed by atoms with E-state index >= 15 is 0 Å². The van der Waals surface area contributed by atoms with Crippen LogP contribution in [0.5, 0.6) is 11.6 Å². The van der Waals surface area contributed by atoms with E-state index < -0.39 is 42.0 Å². The molecule has 1 unspecified atom stereocenters. The molecule has 2 aromatic rings. The van der Waals surface area contributed by atoms with Crippen LogP contribution in [0.1, 0.15) is 32.0 Å². The molecule has 7 nitrogen and oxygen atoms in total. The minimum atomic E-state index is -4.70. The van der Waals surface area contributed by atoms with Crippen LogP contribution in [0.15, 0.2) is 77.8 Å². The third-order valence-corrected chi connectivity index (χ3v) is 6.02. The number of halogens is 4. The van der Waals surface area contributed by atoms with E-state index in [1.165, 1.54) is 13.8 Å². The van der Waals surface area contributed by atoms with Gasteiger partial charge in [-0.1, -0.05) is 18.2 Å². The predicted molar refractivity (Wildman–Crippen MR) is 139 cm³/mol. The summed E-state index contributed by atoms with van der Waals surface area (Å²) < 4.78 is 62.4. The molecule has 1 amide bonds. The number of hydrogen-bond acceptors (Lipinski definition) is 6. The number of ether oxygens (including phenoxy) is 2. The Morgan fingerprint density at radius 3 is 2.58 bits per heavy atom. The van der Waals surface area contributed by atoms with Crippen molar-refractivity contribution in [3.63, 3.8) is 0 Å². The molecule has 11 heteroatoms. The average Bonchev–Trinajstić information content (AvgIpc) is 3.16. The van der Waals surface area contributed by atoms with E-state index in [9.17, 15) is 27.6 Å². The van der Waals surface area contributed by atoms with E-state index in [0.29, 0.717) is 23.8 Å². The molecule has 1 heterocycles. The molecule has 0 bridgehead atoms. The van der Waals surface area contributed by atoms with Crippen LogP contribution in [-0.2, 0) is 17.4 Å². The standard InChI is InChI=1S/C29H28F4N4O3/c1-19(37-27(38)28(2,3)40-26-16-25(29(31,32)33)35-18-36-26)24(22-7-5-4-6-21(14-22)17-34)15-20-8-10-23(11-9-20)39-13-12-30/h5-11,14,16,18-19,24H,12-13,15H2,1-3H3,(H,37,38)/t19-,24?/m0/s1. The molecule has 0 radical (unpaired) electrons. The van der Waals surface area contributed by atoms with E-state index in [1.54, 1.807) is 43.4 Å². The van der Waals surface area contributed by atoms with Gasteiger partial charge in [-0.05, 0) is 68.7 Å². The lowest BCUT2D eigenvalue weighted by molar-refractivity contribution is -0.141. The van der Waals surface area contributed by atoms with Gasteiger partial charge in [0.25, 0.3) is 5.91 Å². The number of benzene rings is 1. The number of hydrogen-bond donors (Lipinski definition) is 1. The van der Waals surface area contributed by atoms with Gasteiger partial charge in [-0.2, -0.15) is 18.4 Å². The van der Waals surface area contributed by atoms with Crippen LogP contribution in [-0.4, -0.2) is 40.8 Å². The molecule has 2 atom stereocenters. The number of nitriles is 1. The van der Waals surface area contributed by atoms with E-state index in [0.717, 1.165) is 17.5 Å². The highest BCUT2D eigenvalue weighted by Crippen LogP contribution is 2.30. The predicted octanol–water partition coefficient (Wildman–Crippen LogP) is 5.47. The van der Waals surface area contributed by atoms with Gasteiger partial charge in [0.15, 0.2) is 11.3 Å². The summed E-state index contributed by atoms with van der Waals surface area (Å²) in [4.78, 5) is 20.2. The van der Waals surface area contributed by atoms with Crippen molar-refractivity contribution in [3.8, 4) is 17.7 Å². The maximum Gasteiger partial charge on any atom is 0.433 e. The minimum absolute atomic E-state index is 0.0522. The summed E-state index contributed by atoms with van der Waals surface area (Å²) in [5.41, 5.74) is 2.16. The first-order valence-corrected chi connectivity index (χ1v) is 12.3. The Labute approximate surface area is 229 Å². The van der Waals surface area contributed by atoms with Gasteiger partial charge >= 0.3 is 6.18 Å². The topological polar surface area (TPSA) is 97.1 Å². The van der Waals surface area contributed by atoms with Gasteiger partial charge in [0.05, 0.1) is 11.6 Å². The van der Waals surface area contributed by atoms with Gasteiger partial charge in [0, 0.05) is 18.0 Å². The second-order valence-corrected chi connectivity index (χ2v) is 9.46. The molecule has 1 aliphatic carbocycles. The lowest BCUT2D eigenvalue weighted by atomic mass is 9.84. The fourth-order valence-electron chi connectivity index (χ4n) is 3.90. The number of alkyl halides is 4. The summed E-state index contributed by atoms with van der Waals surface area (Å²) in [5.74, 6) is -0.796. The van der Waals surface area contributed by atoms with Crippen LogP contribution in [0.3, 0.4) is 0 Å². The van der Waals surface area contributed by atoms with Crippen LogP contribution in [0.4, 0.5) is 17.6 Å². The van der Waals surface area contributed by atoms with E-state index in [1.807, 2.05) is 12.1 Å². The maximum atomic E-state index is 13.3. The van der Waals surface area contributed by atoms with Crippen LogP contribution < -0.4 is 14.8 Å². The summed E-state index contributed by atoms with van der Waals surface area (Å²) in [6.07, 6.45) is 3.20. The minimum Gasteiger partial charge on any atom is -0.491 e. The van der Waals surface area contributed by atoms with E-state index in [4.69, 9.17) is 9.47 Å². The highest BCUT2D eigenvalue weighted by atomic mass is 19.4. The summed E-state index contributed by atoms with van der Waals surface area (Å²) in [7, 11) is 0. The molecule has 0 aliphatic heterocycles. The molecule has 3 rings (SSSR count). The number of carbonyl (C=O) groups excluding carboxylic acids is 1. The molecule has 1 aromatic heterocycles. The highest BCUT2D eigenvalue weighted by molar-refractivity contribution is 5.85. The number of carbonyl (C=O) groups is 1. The third kappa shape index (κ3) is 8.29. The summed E-state index contributed by atoms with van der Waals surface area (Å²) in [6, 6.07) is 9.32. The fourth-order valence-corrected chi connectivity index (χ4v) is 3.90. The molecule has 0 fully saturated rings. The van der Waals surface area contributed by atoms with Crippen molar-refractivity contribution in [2.75, 3.05) is 13.3 Å². The van der Waals surface area contributed by atoms with Crippen molar-refractivity contribution in [1.29, 1.82) is 5.26 Å². The molecule has 1 aliphatic rings. The molecule has 40 heavy (non-hydrogen) atoms. The van der Waals surface area contributed by atoms with E-state index in [-0.39, 0.29) is 12.5 Å². The normalized spacial score (nSPS) is 14.8. The van der Waals surface area contributed by atoms with E-state index in [2.05, 4.69) is 27.1 Å². The third-order valence-electron chi connectivity index (χ3n) is 6.02. The van der Waals surface area contributed by atoms with Crippen LogP contribution in [0.25, 0.3) is 0 Å². The summed E-state index contributed by atoms with van der Waals surface area (Å²) in [6.45, 7) is 3.96. The lowest BCUT2D eigenvalue weighted by Gasteiger charge is -2.31. The Kier molecular flexibility index (Phi) is 9.86. The monoisotopic (exact) mass is 556 g/mol. The zero-order chi connectivity index (χ0) is 29.3. The molecular weight excluding hydrogens is 528 g/mol. The van der Waals surface area contributed by atoms with Crippen LogP contribution in [0.2, 0.25) is 0 Å². The second-order valence-electron chi connectivity index (χ2n) is 9.46. The van der Waals surface area contributed by atoms with Crippen molar-refractivity contribution in [2.24, 2.45) is 5.92 Å². The van der Waals surface area contributed by atoms with Crippen molar-refractivity contribution >= 4 is 5.91 Å². The SMILES string of the molecule is C[C@H](NC(=O)C(C)(C)Oc1cc(C(F)(F)F)ncn1)C(Cc1ccc(OCCF)cc1)C1=CC=C=CC(C#N)=C1. The molecule has 1 N–H and O–H groups in total. The van der Waals surface area contributed by atoms with Gasteiger partial charge in [-0.3, -0.25) is 4.79 Å². The average molecular weight is 557 g/mol. The first kappa shape index (κ1) is 30.1. The zero-order valence-corrected chi connectivity index (χ0v) is 22.1. The number of rotatable bonds is 11. The number of allylic oxidation sites excluding steroid dienone is 4. The Morgan fingerprint density at radius 2 is 1.93 bits per heavy atom. The summed E-state index contributed by atoms with van der Waals surface area (Å²) >= 11 is 0. The fraction of sp³-hybridized carbons (Fsp3) is 0.345. The Hall–Kier alpha value is -4.42. The molecule has 210 valence electrons. The Bertz CT molecular complexity index is 1370. The summed E-state index contributed by atoms with van der Waals surface area (Å²) in [5, 5.41) is 12.4. The smallest absolute Gasteiger partial charge is 0.433 e. The van der Waals surface area contributed by atoms with Crippen molar-refractivity contribution in [3.05, 3.63) is 89.1 Å². The molecule has 1 aromatic carbocycles. The zero-order valence-electron chi connectivity index (χ0n) is 22.1. The van der Waals surface area contributed by atoms with Crippen LogP contribution >= 0.6 is 0 Å². The van der Waals surface area contributed by atoms with Gasteiger partial charge in [0.1, 0.15) is 25.4 Å². The molecular formula is C29H28F4N4O3. The van der Waals surface area contributed by atoms with Crippen LogP contribution in [0, 0.1) is 17.2 Å². The first-order valence-electron chi connectivity index (χ1n) is 12.3. The number of nitrogens with zero attached hydrogens (tertiary/aromatic N) is 3. The number of nitrogens with one attached hydrogen (secondary N) is 1. The Balaban J connectivity index is 1.82. The van der Waals surface area contributed by atoms with Crippen molar-refractivity contribution in [2.45, 2.75) is 45.0 Å². The number of aromatic nitrogens is 2. The first-order chi connectivity index (χ1) is 18.9. The van der Waals surface area contributed by atoms with Crippen molar-refractivity contribution < 1.29 is 31.8 Å². The quantitative estimate of drug-likeness (QED) is 0.291. The largest absolute Gasteiger partial charge is 0.491 e. The van der Waals surface area contributed by atoms with Gasteiger partial charge < -0.3 is 14.8 Å². The highest BCUT2D eigenvalue weighted by Gasteiger charge is 2.36.